The average Bonchev–Trinajstić information content (AvgIpc) is 2.96. The van der Waals surface area contributed by atoms with Crippen LogP contribution in [-0.4, -0.2) is 45.5 Å². The highest BCUT2D eigenvalue weighted by atomic mass is 29.6. The molecule has 0 amide bonds. The van der Waals surface area contributed by atoms with Gasteiger partial charge in [-0.3, -0.25) is 0 Å². The first-order valence-electron chi connectivity index (χ1n) is 16.6. The van der Waals surface area contributed by atoms with Gasteiger partial charge in [-0.1, -0.05) is 225 Å². The van der Waals surface area contributed by atoms with Gasteiger partial charge in [-0.2, -0.15) is 0 Å². The maximum Gasteiger partial charge on any atom is 0.0775 e. The van der Waals surface area contributed by atoms with Crippen LogP contribution in [0.5, 0.6) is 0 Å². The van der Waals surface area contributed by atoms with E-state index in [1.165, 1.54) is 21.9 Å². The molecule has 0 aliphatic carbocycles. The summed E-state index contributed by atoms with van der Waals surface area (Å²) >= 11 is 0. The van der Waals surface area contributed by atoms with E-state index in [0.29, 0.717) is 0 Å². The molecule has 45 heavy (non-hydrogen) atoms. The van der Waals surface area contributed by atoms with E-state index in [0.717, 1.165) is 0 Å². The molecule has 0 atom stereocenters. The van der Waals surface area contributed by atoms with Gasteiger partial charge in [0.05, 0.1) is 23.3 Å². The zero-order chi connectivity index (χ0) is 35.1. The maximum absolute atomic E-state index is 3.84. The van der Waals surface area contributed by atoms with Crippen molar-refractivity contribution in [2.45, 2.75) is 98.2 Å². The van der Waals surface area contributed by atoms with E-state index in [1.54, 1.807) is 10.4 Å². The normalized spacial score (nSPS) is 12.6. The Kier molecular flexibility index (Phi) is 14.5. The van der Waals surface area contributed by atoms with Crippen LogP contribution in [0.2, 0.25) is 98.2 Å². The van der Waals surface area contributed by atoms with E-state index >= 15 is 0 Å². The molecular formula is C39H66Si6. The molecule has 0 N–H and O–H groups in total. The third kappa shape index (κ3) is 10.9. The van der Waals surface area contributed by atoms with E-state index in [9.17, 15) is 0 Å². The van der Waals surface area contributed by atoms with Crippen molar-refractivity contribution < 1.29 is 0 Å². The lowest BCUT2D eigenvalue weighted by atomic mass is 10.2. The SMILES string of the molecule is C=Cc1ccc([Si](C)(C)C)cc1.C=Cc1ccc([Si](C)(C)[Si](C)(C)C)cc1.C=Cc1ccc([Si](C)(C)[Si](C)(C)[Si](C)(C)C)cc1. The molecule has 6 heteroatoms. The van der Waals surface area contributed by atoms with E-state index in [2.05, 4.69) is 191 Å². The molecule has 0 aliphatic rings. The van der Waals surface area contributed by atoms with Crippen molar-refractivity contribution in [1.29, 1.82) is 0 Å². The lowest BCUT2D eigenvalue weighted by molar-refractivity contribution is 1.65. The summed E-state index contributed by atoms with van der Waals surface area (Å²) < 4.78 is 0. The number of hydrogen-bond acceptors (Lipinski definition) is 0. The maximum atomic E-state index is 3.84. The van der Waals surface area contributed by atoms with Crippen LogP contribution < -0.4 is 15.6 Å². The van der Waals surface area contributed by atoms with Crippen LogP contribution in [0, 0.1) is 0 Å². The predicted octanol–water partition coefficient (Wildman–Crippen LogP) is 11.0. The van der Waals surface area contributed by atoms with Crippen LogP contribution in [0.25, 0.3) is 18.2 Å². The summed E-state index contributed by atoms with van der Waals surface area (Å²) in [6, 6.07) is 26.9. The smallest absolute Gasteiger partial charge is 0.0775 e. The highest BCUT2D eigenvalue weighted by Gasteiger charge is 2.50. The lowest BCUT2D eigenvalue weighted by Gasteiger charge is -2.47. The van der Waals surface area contributed by atoms with Crippen LogP contribution in [0.4, 0.5) is 0 Å². The largest absolute Gasteiger partial charge is 0.0985 e. The van der Waals surface area contributed by atoms with Crippen LogP contribution in [-0.2, 0) is 0 Å². The minimum absolute atomic E-state index is 1.04. The third-order valence-electron chi connectivity index (χ3n) is 11.1. The van der Waals surface area contributed by atoms with Crippen molar-refractivity contribution in [2.24, 2.45) is 0 Å². The minimum Gasteiger partial charge on any atom is -0.0985 e. The first-order valence-corrected chi connectivity index (χ1v) is 39.1. The van der Waals surface area contributed by atoms with Crippen molar-refractivity contribution in [3.05, 3.63) is 109 Å². The average molecular weight is 703 g/mol. The molecule has 0 aromatic heterocycles. The van der Waals surface area contributed by atoms with Gasteiger partial charge in [0, 0.05) is 22.3 Å². The molecule has 0 saturated heterocycles. The second-order valence-corrected chi connectivity index (χ2v) is 67.6. The second kappa shape index (κ2) is 15.8. The zero-order valence-corrected chi connectivity index (χ0v) is 37.8. The standard InChI is InChI=1S/C15H28Si3.C13H22Si2.C11H16Si/c1-9-14-10-12-15(13-11-14)17(5,6)18(7,8)16(2,3)4;1-7-12-8-10-13(11-9-12)15(5,6)14(2,3)4;1-5-10-6-8-11(9-7-10)12(2,3)4/h9-13H,1H2,2-8H3;7-11H,1H2,2-6H3;5-9H,1H2,2-4H3. The molecule has 0 saturated carbocycles. The van der Waals surface area contributed by atoms with E-state index in [1.807, 2.05) is 18.2 Å². The fourth-order valence-electron chi connectivity index (χ4n) is 4.92. The van der Waals surface area contributed by atoms with E-state index in [4.69, 9.17) is 0 Å². The summed E-state index contributed by atoms with van der Waals surface area (Å²) in [5.74, 6) is 0. The van der Waals surface area contributed by atoms with Gasteiger partial charge in [0.25, 0.3) is 0 Å². The van der Waals surface area contributed by atoms with Gasteiger partial charge in [0.1, 0.15) is 0 Å². The van der Waals surface area contributed by atoms with Gasteiger partial charge in [-0.25, -0.2) is 0 Å². The first-order chi connectivity index (χ1) is 20.4. The summed E-state index contributed by atoms with van der Waals surface area (Å²) in [7, 11) is -6.86. The molecule has 0 spiro atoms. The molecular weight excluding hydrogens is 637 g/mol. The summed E-state index contributed by atoms with van der Waals surface area (Å²) in [5.41, 5.74) is 3.66. The van der Waals surface area contributed by atoms with Gasteiger partial charge >= 0.3 is 0 Å². The molecule has 0 unspecified atom stereocenters. The van der Waals surface area contributed by atoms with Crippen molar-refractivity contribution in [1.82, 2.24) is 0 Å². The summed E-state index contributed by atoms with van der Waals surface area (Å²) in [4.78, 5) is 0. The predicted molar refractivity (Wildman–Crippen MR) is 231 cm³/mol. The Morgan fingerprint density at radius 1 is 0.356 bits per heavy atom. The molecule has 0 fully saturated rings. The Morgan fingerprint density at radius 3 is 0.844 bits per heavy atom. The molecule has 3 aromatic rings. The van der Waals surface area contributed by atoms with Crippen molar-refractivity contribution in [3.63, 3.8) is 0 Å². The summed E-state index contributed by atoms with van der Waals surface area (Å²) in [6.45, 7) is 49.0. The van der Waals surface area contributed by atoms with Gasteiger partial charge in [-0.05, 0) is 16.7 Å². The van der Waals surface area contributed by atoms with Crippen molar-refractivity contribution in [3.8, 4) is 0 Å². The fraction of sp³-hybridized carbons (Fsp3) is 0.385. The van der Waals surface area contributed by atoms with Crippen LogP contribution in [0.3, 0.4) is 0 Å². The monoisotopic (exact) mass is 702 g/mol. The van der Waals surface area contributed by atoms with Crippen molar-refractivity contribution in [2.75, 3.05) is 0 Å². The Morgan fingerprint density at radius 2 is 0.622 bits per heavy atom. The zero-order valence-electron chi connectivity index (χ0n) is 31.8. The van der Waals surface area contributed by atoms with Crippen LogP contribution >= 0.6 is 0 Å². The molecule has 246 valence electrons. The number of rotatable bonds is 9. The molecule has 0 radical (unpaired) electrons. The topological polar surface area (TPSA) is 0 Å². The highest BCUT2D eigenvalue weighted by Crippen LogP contribution is 2.29. The highest BCUT2D eigenvalue weighted by molar-refractivity contribution is 7.70. The van der Waals surface area contributed by atoms with Gasteiger partial charge in [0.2, 0.25) is 0 Å². The molecule has 0 aliphatic heterocycles. The Hall–Kier alpha value is -1.82. The summed E-state index contributed by atoms with van der Waals surface area (Å²) in [6.07, 6.45) is 5.72. The second-order valence-electron chi connectivity index (χ2n) is 17.1. The lowest BCUT2D eigenvalue weighted by Crippen LogP contribution is -2.73. The van der Waals surface area contributed by atoms with E-state index < -0.39 is 45.5 Å². The molecule has 0 bridgehead atoms. The number of benzene rings is 3. The molecule has 3 rings (SSSR count). The Balaban J connectivity index is 0.000000344. The fourth-order valence-corrected chi connectivity index (χ4v) is 41.1. The quantitative estimate of drug-likeness (QED) is 0.195. The van der Waals surface area contributed by atoms with Crippen molar-refractivity contribution >= 4 is 79.3 Å². The van der Waals surface area contributed by atoms with Gasteiger partial charge in [0.15, 0.2) is 0 Å². The van der Waals surface area contributed by atoms with Crippen LogP contribution in [0.15, 0.2) is 92.5 Å². The van der Waals surface area contributed by atoms with E-state index in [-0.39, 0.29) is 0 Å². The Labute approximate surface area is 285 Å². The van der Waals surface area contributed by atoms with Crippen LogP contribution in [0.1, 0.15) is 16.7 Å². The number of hydrogen-bond donors (Lipinski definition) is 0. The van der Waals surface area contributed by atoms with Gasteiger partial charge < -0.3 is 0 Å². The molecule has 3 aromatic carbocycles. The van der Waals surface area contributed by atoms with Gasteiger partial charge in [-0.15, -0.1) is 0 Å². The third-order valence-corrected chi connectivity index (χ3v) is 73.3. The molecule has 0 heterocycles. The first kappa shape index (κ1) is 41.2. The minimum atomic E-state index is -1.31. The summed E-state index contributed by atoms with van der Waals surface area (Å²) in [5, 5.41) is 4.73. The molecule has 0 nitrogen and oxygen atoms in total. The Bertz CT molecular complexity index is 1370.